The highest BCUT2D eigenvalue weighted by molar-refractivity contribution is 9.11. The molecule has 1 rings (SSSR count). The summed E-state index contributed by atoms with van der Waals surface area (Å²) in [4.78, 5) is 1.91. The van der Waals surface area contributed by atoms with Crippen LogP contribution >= 0.6 is 15.9 Å². The van der Waals surface area contributed by atoms with Crippen LogP contribution in [-0.2, 0) is 6.42 Å². The van der Waals surface area contributed by atoms with Gasteiger partial charge in [-0.25, -0.2) is 0 Å². The Morgan fingerprint density at radius 1 is 1.33 bits per heavy atom. The van der Waals surface area contributed by atoms with E-state index in [9.17, 15) is 0 Å². The average molecular weight is 225 g/mol. The highest BCUT2D eigenvalue weighted by atomic mass is 79.9. The molecule has 0 N–H and O–H groups in total. The molecule has 0 fully saturated rings. The summed E-state index contributed by atoms with van der Waals surface area (Å²) in [5.41, 5.74) is 4.11. The van der Waals surface area contributed by atoms with Crippen LogP contribution in [0.25, 0.3) is 0 Å². The van der Waals surface area contributed by atoms with E-state index in [4.69, 9.17) is 0 Å². The molecule has 0 unspecified atom stereocenters. The molecule has 0 atom stereocenters. The Bertz CT molecular complexity index is 287. The van der Waals surface area contributed by atoms with Gasteiger partial charge in [-0.1, -0.05) is 45.8 Å². The van der Waals surface area contributed by atoms with E-state index in [-0.39, 0.29) is 0 Å². The third-order valence-electron chi connectivity index (χ3n) is 1.92. The quantitative estimate of drug-likeness (QED) is 0.718. The van der Waals surface area contributed by atoms with Crippen LogP contribution in [0.4, 0.5) is 0 Å². The molecule has 64 valence electrons. The first-order valence-electron chi connectivity index (χ1n) is 4.05. The molecule has 0 spiro atoms. The van der Waals surface area contributed by atoms with E-state index >= 15 is 0 Å². The van der Waals surface area contributed by atoms with Gasteiger partial charge in [-0.3, -0.25) is 0 Å². The van der Waals surface area contributed by atoms with Gasteiger partial charge in [0.05, 0.1) is 0 Å². The van der Waals surface area contributed by atoms with Gasteiger partial charge < -0.3 is 0 Å². The first-order chi connectivity index (χ1) is 5.74. The largest absolute Gasteiger partial charge is 0.0732 e. The van der Waals surface area contributed by atoms with Crippen LogP contribution < -0.4 is 0 Å². The lowest BCUT2D eigenvalue weighted by atomic mass is 10.0. The van der Waals surface area contributed by atoms with Crippen LogP contribution in [0.15, 0.2) is 29.3 Å². The SMILES string of the molecule is Cc1ccc(C/C=C/Br)c(C)c1. The van der Waals surface area contributed by atoms with Crippen molar-refractivity contribution in [1.82, 2.24) is 0 Å². The number of benzene rings is 1. The standard InChI is InChI=1S/C11H13Br/c1-9-5-6-11(4-3-7-12)10(2)8-9/h3,5-8H,4H2,1-2H3/b7-3+. The molecule has 0 amide bonds. The summed E-state index contributed by atoms with van der Waals surface area (Å²) in [5.74, 6) is 0. The Hall–Kier alpha value is -0.560. The van der Waals surface area contributed by atoms with Gasteiger partial charge in [-0.2, -0.15) is 0 Å². The zero-order valence-corrected chi connectivity index (χ0v) is 9.06. The first kappa shape index (κ1) is 9.53. The third-order valence-corrected chi connectivity index (χ3v) is 2.30. The van der Waals surface area contributed by atoms with Crippen molar-refractivity contribution in [3.05, 3.63) is 46.0 Å². The minimum Gasteiger partial charge on any atom is -0.0732 e. The summed E-state index contributed by atoms with van der Waals surface area (Å²) in [6.45, 7) is 4.28. The minimum absolute atomic E-state index is 1.01. The van der Waals surface area contributed by atoms with Gasteiger partial charge in [0.1, 0.15) is 0 Å². The van der Waals surface area contributed by atoms with Gasteiger partial charge in [-0.05, 0) is 36.4 Å². The van der Waals surface area contributed by atoms with Crippen LogP contribution in [0.1, 0.15) is 16.7 Å². The van der Waals surface area contributed by atoms with Crippen molar-refractivity contribution in [3.63, 3.8) is 0 Å². The fourth-order valence-electron chi connectivity index (χ4n) is 1.25. The molecule has 12 heavy (non-hydrogen) atoms. The van der Waals surface area contributed by atoms with E-state index in [1.54, 1.807) is 0 Å². The van der Waals surface area contributed by atoms with Gasteiger partial charge in [0.2, 0.25) is 0 Å². The second-order valence-corrected chi connectivity index (χ2v) is 3.52. The zero-order valence-electron chi connectivity index (χ0n) is 7.47. The molecule has 0 saturated heterocycles. The van der Waals surface area contributed by atoms with Gasteiger partial charge in [-0.15, -0.1) is 0 Å². The van der Waals surface area contributed by atoms with Crippen molar-refractivity contribution >= 4 is 15.9 Å². The second kappa shape index (κ2) is 4.46. The Labute approximate surface area is 82.4 Å². The number of rotatable bonds is 2. The number of hydrogen-bond acceptors (Lipinski definition) is 0. The van der Waals surface area contributed by atoms with E-state index in [0.29, 0.717) is 0 Å². The van der Waals surface area contributed by atoms with Crippen LogP contribution in [0.5, 0.6) is 0 Å². The van der Waals surface area contributed by atoms with Crippen molar-refractivity contribution in [2.24, 2.45) is 0 Å². The molecule has 1 heteroatoms. The molecular weight excluding hydrogens is 212 g/mol. The van der Waals surface area contributed by atoms with Crippen molar-refractivity contribution in [1.29, 1.82) is 0 Å². The van der Waals surface area contributed by atoms with Crippen LogP contribution in [0.3, 0.4) is 0 Å². The van der Waals surface area contributed by atoms with Crippen LogP contribution in [-0.4, -0.2) is 0 Å². The molecule has 0 radical (unpaired) electrons. The molecule has 0 aliphatic heterocycles. The predicted molar refractivity (Wildman–Crippen MR) is 57.7 cm³/mol. The van der Waals surface area contributed by atoms with E-state index in [0.717, 1.165) is 6.42 Å². The topological polar surface area (TPSA) is 0 Å². The lowest BCUT2D eigenvalue weighted by molar-refractivity contribution is 1.20. The molecule has 1 aromatic rings. The molecule has 0 heterocycles. The number of allylic oxidation sites excluding steroid dienone is 1. The lowest BCUT2D eigenvalue weighted by Crippen LogP contribution is -1.87. The van der Waals surface area contributed by atoms with Crippen LogP contribution in [0.2, 0.25) is 0 Å². The van der Waals surface area contributed by atoms with Crippen molar-refractivity contribution in [3.8, 4) is 0 Å². The first-order valence-corrected chi connectivity index (χ1v) is 4.97. The Balaban J connectivity index is 2.86. The number of hydrogen-bond donors (Lipinski definition) is 0. The van der Waals surface area contributed by atoms with Gasteiger partial charge in [0.25, 0.3) is 0 Å². The van der Waals surface area contributed by atoms with E-state index in [1.807, 2.05) is 4.99 Å². The monoisotopic (exact) mass is 224 g/mol. The second-order valence-electron chi connectivity index (χ2n) is 3.00. The van der Waals surface area contributed by atoms with E-state index in [2.05, 4.69) is 54.1 Å². The summed E-state index contributed by atoms with van der Waals surface area (Å²) in [6, 6.07) is 6.57. The Morgan fingerprint density at radius 3 is 2.67 bits per heavy atom. The maximum absolute atomic E-state index is 3.27. The minimum atomic E-state index is 1.01. The normalized spacial score (nSPS) is 10.9. The Kier molecular flexibility index (Phi) is 3.54. The molecule has 0 aliphatic rings. The van der Waals surface area contributed by atoms with Gasteiger partial charge in [0.15, 0.2) is 0 Å². The lowest BCUT2D eigenvalue weighted by Gasteiger charge is -2.02. The maximum Gasteiger partial charge on any atom is -0.00866 e. The highest BCUT2D eigenvalue weighted by Crippen LogP contribution is 2.11. The summed E-state index contributed by atoms with van der Waals surface area (Å²) in [7, 11) is 0. The number of halogens is 1. The van der Waals surface area contributed by atoms with Gasteiger partial charge >= 0.3 is 0 Å². The van der Waals surface area contributed by atoms with Gasteiger partial charge in [0, 0.05) is 0 Å². The molecule has 1 aromatic carbocycles. The molecular formula is C11H13Br. The maximum atomic E-state index is 3.27. The predicted octanol–water partition coefficient (Wildman–Crippen LogP) is 3.75. The van der Waals surface area contributed by atoms with Crippen molar-refractivity contribution in [2.45, 2.75) is 20.3 Å². The van der Waals surface area contributed by atoms with E-state index < -0.39 is 0 Å². The molecule has 0 aliphatic carbocycles. The summed E-state index contributed by atoms with van der Waals surface area (Å²) < 4.78 is 0. The summed E-state index contributed by atoms with van der Waals surface area (Å²) in [5, 5.41) is 0. The number of aryl methyl sites for hydroxylation is 2. The smallest absolute Gasteiger partial charge is 0.00866 e. The third kappa shape index (κ3) is 2.49. The average Bonchev–Trinajstić information content (AvgIpc) is 2.03. The van der Waals surface area contributed by atoms with Crippen molar-refractivity contribution < 1.29 is 0 Å². The fourth-order valence-corrected chi connectivity index (χ4v) is 1.43. The highest BCUT2D eigenvalue weighted by Gasteiger charge is 1.94. The molecule has 0 nitrogen and oxygen atoms in total. The molecule has 0 bridgehead atoms. The molecule has 0 aromatic heterocycles. The van der Waals surface area contributed by atoms with Crippen LogP contribution in [0, 0.1) is 13.8 Å². The summed E-state index contributed by atoms with van der Waals surface area (Å²) >= 11 is 3.27. The zero-order chi connectivity index (χ0) is 8.97. The fraction of sp³-hybridized carbons (Fsp3) is 0.273. The molecule has 0 saturated carbocycles. The van der Waals surface area contributed by atoms with E-state index in [1.165, 1.54) is 16.7 Å². The Morgan fingerprint density at radius 2 is 2.08 bits per heavy atom. The van der Waals surface area contributed by atoms with Crippen molar-refractivity contribution in [2.75, 3.05) is 0 Å². The summed E-state index contributed by atoms with van der Waals surface area (Å²) in [6.07, 6.45) is 3.12.